The van der Waals surface area contributed by atoms with E-state index in [-0.39, 0.29) is 23.9 Å². The van der Waals surface area contributed by atoms with Crippen molar-refractivity contribution in [3.05, 3.63) is 57.6 Å². The van der Waals surface area contributed by atoms with Crippen molar-refractivity contribution in [2.75, 3.05) is 25.1 Å². The van der Waals surface area contributed by atoms with Crippen LogP contribution in [0.4, 0.5) is 10.6 Å². The van der Waals surface area contributed by atoms with E-state index in [9.17, 15) is 9.59 Å². The number of hydrogen-bond donors (Lipinski definition) is 0. The van der Waals surface area contributed by atoms with E-state index in [1.807, 2.05) is 58.9 Å². The first kappa shape index (κ1) is 26.7. The summed E-state index contributed by atoms with van der Waals surface area (Å²) in [5, 5.41) is 0.317. The molecular weight excluding hydrogens is 494 g/mol. The Labute approximate surface area is 222 Å². The van der Waals surface area contributed by atoms with E-state index >= 15 is 0 Å². The van der Waals surface area contributed by atoms with Gasteiger partial charge in [0.15, 0.2) is 5.82 Å². The number of amides is 1. The molecule has 0 unspecified atom stereocenters. The lowest BCUT2D eigenvalue weighted by atomic mass is 10.1. The zero-order chi connectivity index (χ0) is 26.9. The highest BCUT2D eigenvalue weighted by Gasteiger charge is 2.37. The van der Waals surface area contributed by atoms with E-state index in [1.165, 1.54) is 0 Å². The number of pyridine rings is 1. The van der Waals surface area contributed by atoms with E-state index in [0.717, 1.165) is 17.7 Å². The monoisotopic (exact) mass is 527 g/mol. The fourth-order valence-electron chi connectivity index (χ4n) is 4.61. The van der Waals surface area contributed by atoms with Crippen LogP contribution in [0.2, 0.25) is 5.15 Å². The number of piperazine rings is 1. The molecule has 0 saturated carbocycles. The molecule has 0 radical (unpaired) electrons. The second-order valence-electron chi connectivity index (χ2n) is 10.4. The molecular formula is C27H34ClN5O4. The average Bonchev–Trinajstić information content (AvgIpc) is 2.85. The summed E-state index contributed by atoms with van der Waals surface area (Å²) in [5.41, 5.74) is 1.16. The SMILES string of the molecule is CC[C@@H]1CN(c2nc(=O)n(Cc3ccc(OC)cc3)c3ccc(Cl)nc23)[C@@H](C)CN1C(=O)OC(C)(C)C. The van der Waals surface area contributed by atoms with Gasteiger partial charge in [0.2, 0.25) is 0 Å². The van der Waals surface area contributed by atoms with Gasteiger partial charge >= 0.3 is 11.8 Å². The van der Waals surface area contributed by atoms with Gasteiger partial charge in [-0.15, -0.1) is 0 Å². The molecule has 2 aromatic heterocycles. The molecule has 0 N–H and O–H groups in total. The third kappa shape index (κ3) is 5.82. The summed E-state index contributed by atoms with van der Waals surface area (Å²) in [6, 6.07) is 10.8. The molecule has 4 rings (SSSR count). The zero-order valence-corrected chi connectivity index (χ0v) is 23.0. The number of methoxy groups -OCH3 is 1. The number of halogens is 1. The summed E-state index contributed by atoms with van der Waals surface area (Å²) in [5.74, 6) is 1.22. The second kappa shape index (κ2) is 10.6. The van der Waals surface area contributed by atoms with Gasteiger partial charge in [-0.25, -0.2) is 14.6 Å². The molecule has 10 heteroatoms. The zero-order valence-electron chi connectivity index (χ0n) is 22.2. The molecule has 1 amide bonds. The van der Waals surface area contributed by atoms with E-state index in [1.54, 1.807) is 28.7 Å². The standard InChI is InChI=1S/C27H34ClN5O4/c1-7-19-16-31(17(2)14-32(19)26(35)37-27(3,4)5)24-23-21(12-13-22(28)29-23)33(25(34)30-24)15-18-8-10-20(36-6)11-9-18/h8-13,17,19H,7,14-16H2,1-6H3/t17-,19+/m0/s1. The molecule has 0 spiro atoms. The minimum absolute atomic E-state index is 0.108. The lowest BCUT2D eigenvalue weighted by Gasteiger charge is -2.45. The molecule has 3 heterocycles. The fourth-order valence-corrected chi connectivity index (χ4v) is 4.76. The molecule has 9 nitrogen and oxygen atoms in total. The molecule has 3 aromatic rings. The van der Waals surface area contributed by atoms with E-state index in [2.05, 4.69) is 14.9 Å². The van der Waals surface area contributed by atoms with Crippen LogP contribution in [-0.4, -0.2) is 63.4 Å². The molecule has 0 bridgehead atoms. The van der Waals surface area contributed by atoms with Gasteiger partial charge in [-0.3, -0.25) is 4.57 Å². The number of anilines is 1. The quantitative estimate of drug-likeness (QED) is 0.443. The summed E-state index contributed by atoms with van der Waals surface area (Å²) in [7, 11) is 1.61. The highest BCUT2D eigenvalue weighted by Crippen LogP contribution is 2.30. The van der Waals surface area contributed by atoms with Gasteiger partial charge in [-0.1, -0.05) is 30.7 Å². The highest BCUT2D eigenvalue weighted by atomic mass is 35.5. The third-order valence-corrected chi connectivity index (χ3v) is 6.70. The predicted octanol–water partition coefficient (Wildman–Crippen LogP) is 4.73. The van der Waals surface area contributed by atoms with Gasteiger partial charge in [-0.05, 0) is 63.9 Å². The number of aromatic nitrogens is 3. The van der Waals surface area contributed by atoms with Crippen molar-refractivity contribution >= 4 is 34.5 Å². The maximum Gasteiger partial charge on any atom is 0.410 e. The lowest BCUT2D eigenvalue weighted by molar-refractivity contribution is 0.0106. The van der Waals surface area contributed by atoms with E-state index in [4.69, 9.17) is 21.1 Å². The normalized spacial score (nSPS) is 18.2. The Balaban J connectivity index is 1.72. The minimum Gasteiger partial charge on any atom is -0.497 e. The van der Waals surface area contributed by atoms with Crippen molar-refractivity contribution < 1.29 is 14.3 Å². The molecule has 1 aliphatic heterocycles. The van der Waals surface area contributed by atoms with Crippen molar-refractivity contribution in [1.82, 2.24) is 19.4 Å². The largest absolute Gasteiger partial charge is 0.497 e. The summed E-state index contributed by atoms with van der Waals surface area (Å²) < 4.78 is 12.5. The van der Waals surface area contributed by atoms with Gasteiger partial charge in [0.05, 0.1) is 25.2 Å². The van der Waals surface area contributed by atoms with Gasteiger partial charge in [0.25, 0.3) is 0 Å². The number of hydrogen-bond acceptors (Lipinski definition) is 7. The van der Waals surface area contributed by atoms with Crippen LogP contribution >= 0.6 is 11.6 Å². The van der Waals surface area contributed by atoms with E-state index in [0.29, 0.717) is 41.6 Å². The van der Waals surface area contributed by atoms with Crippen LogP contribution in [0.3, 0.4) is 0 Å². The number of rotatable bonds is 5. The molecule has 0 aliphatic carbocycles. The van der Waals surface area contributed by atoms with Gasteiger partial charge < -0.3 is 19.3 Å². The minimum atomic E-state index is -0.581. The number of ether oxygens (including phenoxy) is 2. The summed E-state index contributed by atoms with van der Waals surface area (Å²) in [6.45, 7) is 10.9. The number of carbonyl (C=O) groups excluding carboxylic acids is 1. The molecule has 1 aromatic carbocycles. The maximum absolute atomic E-state index is 13.4. The molecule has 1 aliphatic rings. The van der Waals surface area contributed by atoms with Crippen LogP contribution in [0.15, 0.2) is 41.2 Å². The molecule has 1 fully saturated rings. The molecule has 37 heavy (non-hydrogen) atoms. The van der Waals surface area contributed by atoms with Crippen LogP contribution in [0, 0.1) is 0 Å². The Hall–Kier alpha value is -3.33. The van der Waals surface area contributed by atoms with Crippen LogP contribution in [0.25, 0.3) is 11.0 Å². The van der Waals surface area contributed by atoms with Crippen LogP contribution < -0.4 is 15.3 Å². The smallest absolute Gasteiger partial charge is 0.410 e. The predicted molar refractivity (Wildman–Crippen MR) is 145 cm³/mol. The summed E-state index contributed by atoms with van der Waals surface area (Å²) in [4.78, 5) is 39.2. The Morgan fingerprint density at radius 1 is 1.11 bits per heavy atom. The lowest BCUT2D eigenvalue weighted by Crippen LogP contribution is -2.60. The maximum atomic E-state index is 13.4. The van der Waals surface area contributed by atoms with Gasteiger partial charge in [0.1, 0.15) is 22.0 Å². The van der Waals surface area contributed by atoms with Crippen LogP contribution in [0.1, 0.15) is 46.6 Å². The number of nitrogens with zero attached hydrogens (tertiary/aromatic N) is 5. The highest BCUT2D eigenvalue weighted by molar-refractivity contribution is 6.29. The second-order valence-corrected chi connectivity index (χ2v) is 10.7. The first-order valence-electron chi connectivity index (χ1n) is 12.5. The molecule has 2 atom stereocenters. The van der Waals surface area contributed by atoms with Crippen molar-refractivity contribution in [3.63, 3.8) is 0 Å². The van der Waals surface area contributed by atoms with Crippen molar-refractivity contribution in [1.29, 1.82) is 0 Å². The van der Waals surface area contributed by atoms with Crippen molar-refractivity contribution in [2.24, 2.45) is 0 Å². The van der Waals surface area contributed by atoms with Gasteiger partial charge in [0, 0.05) is 19.1 Å². The fraction of sp³-hybridized carbons (Fsp3) is 0.481. The Kier molecular flexibility index (Phi) is 7.64. The molecule has 198 valence electrons. The van der Waals surface area contributed by atoms with Crippen molar-refractivity contribution in [3.8, 4) is 5.75 Å². The third-order valence-electron chi connectivity index (χ3n) is 6.49. The summed E-state index contributed by atoms with van der Waals surface area (Å²) >= 11 is 6.31. The summed E-state index contributed by atoms with van der Waals surface area (Å²) in [6.07, 6.45) is 0.392. The number of fused-ring (bicyclic) bond motifs is 1. The first-order chi connectivity index (χ1) is 17.5. The Morgan fingerprint density at radius 2 is 1.81 bits per heavy atom. The van der Waals surface area contributed by atoms with Crippen LogP contribution in [-0.2, 0) is 11.3 Å². The number of carbonyl (C=O) groups is 1. The topological polar surface area (TPSA) is 89.8 Å². The van der Waals surface area contributed by atoms with E-state index < -0.39 is 5.60 Å². The average molecular weight is 528 g/mol. The number of benzene rings is 1. The van der Waals surface area contributed by atoms with Gasteiger partial charge in [-0.2, -0.15) is 4.98 Å². The Morgan fingerprint density at radius 3 is 2.43 bits per heavy atom. The first-order valence-corrected chi connectivity index (χ1v) is 12.8. The van der Waals surface area contributed by atoms with Crippen LogP contribution in [0.5, 0.6) is 5.75 Å². The Bertz CT molecular complexity index is 1340. The van der Waals surface area contributed by atoms with Crippen molar-refractivity contribution in [2.45, 2.75) is 65.3 Å². The molecule has 1 saturated heterocycles.